The van der Waals surface area contributed by atoms with Crippen LogP contribution in [0.15, 0.2) is 72.4 Å². The maximum atomic E-state index is 3.77. The average Bonchev–Trinajstić information content (AvgIpc) is 2.35. The van der Waals surface area contributed by atoms with Gasteiger partial charge in [0.1, 0.15) is 0 Å². The van der Waals surface area contributed by atoms with Crippen molar-refractivity contribution in [1.29, 1.82) is 0 Å². The molecule has 92 valence electrons. The summed E-state index contributed by atoms with van der Waals surface area (Å²) in [5.41, 5.74) is 3.83. The first kappa shape index (κ1) is 15.4. The zero-order valence-corrected chi connectivity index (χ0v) is 11.4. The third kappa shape index (κ3) is 6.57. The molecule has 0 aromatic carbocycles. The molecule has 0 rings (SSSR count). The van der Waals surface area contributed by atoms with Crippen LogP contribution < -0.4 is 0 Å². The lowest BCUT2D eigenvalue weighted by molar-refractivity contribution is 0.996. The molecule has 0 aromatic heterocycles. The van der Waals surface area contributed by atoms with E-state index in [9.17, 15) is 0 Å². The van der Waals surface area contributed by atoms with E-state index in [0.29, 0.717) is 0 Å². The molecule has 0 fully saturated rings. The van der Waals surface area contributed by atoms with Crippen molar-refractivity contribution < 1.29 is 0 Å². The van der Waals surface area contributed by atoms with Crippen LogP contribution >= 0.6 is 0 Å². The van der Waals surface area contributed by atoms with Gasteiger partial charge in [0.15, 0.2) is 0 Å². The van der Waals surface area contributed by atoms with Crippen molar-refractivity contribution in [2.45, 2.75) is 33.6 Å². The van der Waals surface area contributed by atoms with Gasteiger partial charge in [0, 0.05) is 0 Å². The van der Waals surface area contributed by atoms with Gasteiger partial charge in [-0.2, -0.15) is 0 Å². The van der Waals surface area contributed by atoms with Crippen molar-refractivity contribution in [2.24, 2.45) is 0 Å². The molecule has 0 aliphatic carbocycles. The molecule has 0 aliphatic heterocycles. The van der Waals surface area contributed by atoms with Crippen LogP contribution in [0.2, 0.25) is 0 Å². The second kappa shape index (κ2) is 9.65. The number of allylic oxidation sites excluding steroid dienone is 10. The molecule has 0 heterocycles. The highest BCUT2D eigenvalue weighted by Gasteiger charge is 1.99. The lowest BCUT2D eigenvalue weighted by Gasteiger charge is -2.06. The minimum Gasteiger partial charge on any atom is -0.103 e. The third-order valence-electron chi connectivity index (χ3n) is 2.60. The quantitative estimate of drug-likeness (QED) is 0.397. The molecular formula is C17H24. The summed E-state index contributed by atoms with van der Waals surface area (Å²) >= 11 is 0. The summed E-state index contributed by atoms with van der Waals surface area (Å²) in [6, 6.07) is 0. The standard InChI is InChI=1S/C17H24/c1-6-10-12-17(11-7-2)16(9-4)14-13-15(5)8-3/h6-9,11,13-14H,1-2,10,12H2,3-5H3. The van der Waals surface area contributed by atoms with Gasteiger partial charge in [0.05, 0.1) is 0 Å². The van der Waals surface area contributed by atoms with Gasteiger partial charge in [-0.05, 0) is 44.8 Å². The van der Waals surface area contributed by atoms with E-state index in [0.717, 1.165) is 12.8 Å². The van der Waals surface area contributed by atoms with Gasteiger partial charge in [0.2, 0.25) is 0 Å². The SMILES string of the molecule is C=CC=C(CCC=C)C(C=CC(C)=CC)=CC. The van der Waals surface area contributed by atoms with Gasteiger partial charge in [-0.3, -0.25) is 0 Å². The van der Waals surface area contributed by atoms with E-state index in [-0.39, 0.29) is 0 Å². The van der Waals surface area contributed by atoms with Crippen molar-refractivity contribution in [3.8, 4) is 0 Å². The van der Waals surface area contributed by atoms with Gasteiger partial charge in [-0.15, -0.1) is 6.58 Å². The zero-order chi connectivity index (χ0) is 13.1. The Morgan fingerprint density at radius 1 is 1.06 bits per heavy atom. The second-order valence-electron chi connectivity index (χ2n) is 3.86. The fourth-order valence-corrected chi connectivity index (χ4v) is 1.43. The minimum atomic E-state index is 0.994. The fourth-order valence-electron chi connectivity index (χ4n) is 1.43. The van der Waals surface area contributed by atoms with E-state index in [2.05, 4.69) is 57.4 Å². The molecule has 0 atom stereocenters. The van der Waals surface area contributed by atoms with Crippen LogP contribution in [0.4, 0.5) is 0 Å². The van der Waals surface area contributed by atoms with Gasteiger partial charge < -0.3 is 0 Å². The molecule has 0 saturated heterocycles. The molecule has 0 amide bonds. The van der Waals surface area contributed by atoms with Crippen LogP contribution in [0.5, 0.6) is 0 Å². The molecule has 0 aromatic rings. The second-order valence-corrected chi connectivity index (χ2v) is 3.86. The first-order valence-corrected chi connectivity index (χ1v) is 6.09. The van der Waals surface area contributed by atoms with Crippen LogP contribution in [-0.2, 0) is 0 Å². The highest BCUT2D eigenvalue weighted by molar-refractivity contribution is 5.43. The summed E-state index contributed by atoms with van der Waals surface area (Å²) < 4.78 is 0. The summed E-state index contributed by atoms with van der Waals surface area (Å²) in [4.78, 5) is 0. The lowest BCUT2D eigenvalue weighted by atomic mass is 9.99. The summed E-state index contributed by atoms with van der Waals surface area (Å²) in [6.45, 7) is 13.8. The van der Waals surface area contributed by atoms with E-state index < -0.39 is 0 Å². The molecular weight excluding hydrogens is 204 g/mol. The molecule has 0 N–H and O–H groups in total. The van der Waals surface area contributed by atoms with Crippen LogP contribution in [0.1, 0.15) is 33.6 Å². The van der Waals surface area contributed by atoms with Crippen LogP contribution in [0.3, 0.4) is 0 Å². The van der Waals surface area contributed by atoms with Gasteiger partial charge in [0.25, 0.3) is 0 Å². The summed E-state index contributed by atoms with van der Waals surface area (Å²) in [7, 11) is 0. The smallest absolute Gasteiger partial charge is 0.0238 e. The van der Waals surface area contributed by atoms with E-state index in [1.165, 1.54) is 16.7 Å². The fraction of sp³-hybridized carbons (Fsp3) is 0.294. The maximum Gasteiger partial charge on any atom is -0.0238 e. The highest BCUT2D eigenvalue weighted by Crippen LogP contribution is 2.18. The Labute approximate surface area is 106 Å². The molecule has 0 nitrogen and oxygen atoms in total. The van der Waals surface area contributed by atoms with Crippen LogP contribution in [0.25, 0.3) is 0 Å². The molecule has 0 unspecified atom stereocenters. The van der Waals surface area contributed by atoms with Gasteiger partial charge in [-0.1, -0.05) is 54.7 Å². The Morgan fingerprint density at radius 3 is 2.24 bits per heavy atom. The molecule has 17 heavy (non-hydrogen) atoms. The van der Waals surface area contributed by atoms with Crippen molar-refractivity contribution in [3.05, 3.63) is 72.4 Å². The summed E-state index contributed by atoms with van der Waals surface area (Å²) in [6.07, 6.45) is 16.4. The Kier molecular flexibility index (Phi) is 8.77. The largest absolute Gasteiger partial charge is 0.103 e. The van der Waals surface area contributed by atoms with Crippen LogP contribution in [0, 0.1) is 0 Å². The molecule has 0 bridgehead atoms. The zero-order valence-electron chi connectivity index (χ0n) is 11.4. The lowest BCUT2D eigenvalue weighted by Crippen LogP contribution is -1.87. The minimum absolute atomic E-state index is 0.994. The first-order valence-electron chi connectivity index (χ1n) is 6.09. The van der Waals surface area contributed by atoms with Crippen molar-refractivity contribution >= 4 is 0 Å². The monoisotopic (exact) mass is 228 g/mol. The third-order valence-corrected chi connectivity index (χ3v) is 2.60. The normalized spacial score (nSPS) is 14.2. The van der Waals surface area contributed by atoms with E-state index >= 15 is 0 Å². The molecule has 0 spiro atoms. The first-order chi connectivity index (χ1) is 8.19. The molecule has 0 heteroatoms. The Bertz CT molecular complexity index is 359. The number of hydrogen-bond acceptors (Lipinski definition) is 0. The van der Waals surface area contributed by atoms with E-state index in [1.54, 1.807) is 0 Å². The summed E-state index contributed by atoms with van der Waals surface area (Å²) in [5, 5.41) is 0. The molecule has 0 aliphatic rings. The highest BCUT2D eigenvalue weighted by atomic mass is 14.0. The van der Waals surface area contributed by atoms with Crippen LogP contribution in [-0.4, -0.2) is 0 Å². The van der Waals surface area contributed by atoms with E-state index in [1.807, 2.05) is 19.1 Å². The molecule has 0 saturated carbocycles. The Morgan fingerprint density at radius 2 is 1.76 bits per heavy atom. The average molecular weight is 228 g/mol. The Balaban J connectivity index is 4.93. The maximum absolute atomic E-state index is 3.77. The van der Waals surface area contributed by atoms with Crippen molar-refractivity contribution in [2.75, 3.05) is 0 Å². The predicted octanol–water partition coefficient (Wildman–Crippen LogP) is 5.53. The molecule has 0 radical (unpaired) electrons. The Hall–Kier alpha value is -1.56. The van der Waals surface area contributed by atoms with Gasteiger partial charge in [-0.25, -0.2) is 0 Å². The van der Waals surface area contributed by atoms with Gasteiger partial charge >= 0.3 is 0 Å². The van der Waals surface area contributed by atoms with Crippen molar-refractivity contribution in [3.63, 3.8) is 0 Å². The number of hydrogen-bond donors (Lipinski definition) is 0. The number of rotatable bonds is 7. The summed E-state index contributed by atoms with van der Waals surface area (Å²) in [5.74, 6) is 0. The topological polar surface area (TPSA) is 0 Å². The van der Waals surface area contributed by atoms with E-state index in [4.69, 9.17) is 0 Å². The predicted molar refractivity (Wildman–Crippen MR) is 80.0 cm³/mol. The van der Waals surface area contributed by atoms with Crippen molar-refractivity contribution in [1.82, 2.24) is 0 Å².